The molecule has 186 valence electrons. The van der Waals surface area contributed by atoms with Crippen LogP contribution in [0.2, 0.25) is 0 Å². The molecule has 0 unspecified atom stereocenters. The van der Waals surface area contributed by atoms with Gasteiger partial charge < -0.3 is 15.2 Å². The fourth-order valence-electron chi connectivity index (χ4n) is 5.35. The lowest BCUT2D eigenvalue weighted by molar-refractivity contribution is 0.0685. The third kappa shape index (κ3) is 3.71. The summed E-state index contributed by atoms with van der Waals surface area (Å²) >= 11 is 0. The molecule has 0 aliphatic rings. The molecule has 0 aromatic heterocycles. The van der Waals surface area contributed by atoms with E-state index < -0.39 is 11.9 Å². The van der Waals surface area contributed by atoms with Gasteiger partial charge in [0.25, 0.3) is 0 Å². The number of hydrogen-bond donors (Lipinski definition) is 1. The topological polar surface area (TPSA) is 78.6 Å². The number of anilines is 1. The van der Waals surface area contributed by atoms with Crippen LogP contribution < -0.4 is 15.2 Å². The molecule has 0 aliphatic heterocycles. The van der Waals surface area contributed by atoms with Gasteiger partial charge in [-0.15, -0.1) is 0 Å². The lowest BCUT2D eigenvalue weighted by Gasteiger charge is -2.18. The zero-order valence-corrected chi connectivity index (χ0v) is 20.7. The summed E-state index contributed by atoms with van der Waals surface area (Å²) in [5.41, 5.74) is 7.81. The molecule has 0 heterocycles. The van der Waals surface area contributed by atoms with Crippen molar-refractivity contribution in [1.82, 2.24) is 0 Å². The maximum atomic E-state index is 13.2. The average molecular weight is 508 g/mol. The van der Waals surface area contributed by atoms with Crippen molar-refractivity contribution in [2.75, 3.05) is 5.73 Å². The lowest BCUT2D eigenvalue weighted by atomic mass is 9.90. The minimum atomic E-state index is -0.580. The highest BCUT2D eigenvalue weighted by molar-refractivity contribution is 6.31. The Kier molecular flexibility index (Phi) is 5.17. The van der Waals surface area contributed by atoms with Crippen LogP contribution in [0, 0.1) is 0 Å². The summed E-state index contributed by atoms with van der Waals surface area (Å²) in [5, 5.41) is 7.71. The van der Waals surface area contributed by atoms with Crippen LogP contribution in [0.1, 0.15) is 20.7 Å². The van der Waals surface area contributed by atoms with E-state index in [1.54, 1.807) is 54.6 Å². The molecule has 7 aromatic rings. The highest BCUT2D eigenvalue weighted by atomic mass is 16.6. The molecule has 0 saturated heterocycles. The van der Waals surface area contributed by atoms with E-state index in [9.17, 15) is 9.59 Å². The molecule has 0 aliphatic carbocycles. The van der Waals surface area contributed by atoms with E-state index in [0.29, 0.717) is 22.2 Å². The van der Waals surface area contributed by atoms with Gasteiger partial charge in [0, 0.05) is 22.5 Å². The van der Waals surface area contributed by atoms with Gasteiger partial charge in [0.05, 0.1) is 11.1 Å². The summed E-state index contributed by atoms with van der Waals surface area (Å²) in [4.78, 5) is 26.3. The Balaban J connectivity index is 1.50. The first-order valence-electron chi connectivity index (χ1n) is 12.6. The number of esters is 2. The number of carbonyl (C=O) groups is 2. The van der Waals surface area contributed by atoms with Crippen molar-refractivity contribution in [3.05, 3.63) is 126 Å². The second kappa shape index (κ2) is 8.85. The van der Waals surface area contributed by atoms with E-state index in [-0.39, 0.29) is 11.5 Å². The Morgan fingerprint density at radius 1 is 0.513 bits per heavy atom. The van der Waals surface area contributed by atoms with Crippen LogP contribution in [-0.2, 0) is 0 Å². The van der Waals surface area contributed by atoms with E-state index in [1.807, 2.05) is 36.4 Å². The summed E-state index contributed by atoms with van der Waals surface area (Å²) in [7, 11) is 0. The number of rotatable bonds is 4. The summed E-state index contributed by atoms with van der Waals surface area (Å²) < 4.78 is 11.8. The fraction of sp³-hybridized carbons (Fsp3) is 0. The van der Waals surface area contributed by atoms with Gasteiger partial charge in [-0.2, -0.15) is 0 Å². The van der Waals surface area contributed by atoms with Crippen molar-refractivity contribution in [2.45, 2.75) is 0 Å². The Morgan fingerprint density at radius 3 is 1.77 bits per heavy atom. The highest BCUT2D eigenvalue weighted by Crippen LogP contribution is 2.46. The van der Waals surface area contributed by atoms with Gasteiger partial charge in [0.1, 0.15) is 0 Å². The second-order valence-electron chi connectivity index (χ2n) is 9.46. The molecular weight excluding hydrogens is 486 g/mol. The van der Waals surface area contributed by atoms with E-state index >= 15 is 0 Å². The Bertz CT molecular complexity index is 2030. The molecule has 0 amide bonds. The van der Waals surface area contributed by atoms with Crippen LogP contribution in [0.3, 0.4) is 0 Å². The monoisotopic (exact) mass is 507 g/mol. The van der Waals surface area contributed by atoms with Crippen LogP contribution in [-0.4, -0.2) is 11.9 Å². The minimum Gasteiger partial charge on any atom is -0.419 e. The Hall–Kier alpha value is -5.42. The molecule has 0 saturated carbocycles. The molecule has 5 heteroatoms. The molecule has 0 bridgehead atoms. The Labute approximate surface area is 223 Å². The number of benzene rings is 7. The van der Waals surface area contributed by atoms with Crippen molar-refractivity contribution < 1.29 is 19.1 Å². The molecule has 2 N–H and O–H groups in total. The fourth-order valence-corrected chi connectivity index (χ4v) is 5.35. The summed E-state index contributed by atoms with van der Waals surface area (Å²) in [6.07, 6.45) is 0. The number of nitrogen functional groups attached to an aromatic ring is 1. The number of hydrogen-bond acceptors (Lipinski definition) is 5. The van der Waals surface area contributed by atoms with Gasteiger partial charge in [0.15, 0.2) is 11.5 Å². The summed E-state index contributed by atoms with van der Waals surface area (Å²) in [6, 6.07) is 35.3. The van der Waals surface area contributed by atoms with Gasteiger partial charge in [-0.3, -0.25) is 0 Å². The third-order valence-corrected chi connectivity index (χ3v) is 7.11. The van der Waals surface area contributed by atoms with E-state index in [0.717, 1.165) is 37.7 Å². The largest absolute Gasteiger partial charge is 0.419 e. The summed E-state index contributed by atoms with van der Waals surface area (Å²) in [6.45, 7) is 0. The number of ether oxygens (including phenoxy) is 2. The molecule has 7 aromatic carbocycles. The SMILES string of the molecule is Nc1cc(OC(=O)c2ccccc2)c(OC(=O)c2ccccc2)c2cc3ccc4cccc5ccc(c12)c3c45. The zero-order valence-electron chi connectivity index (χ0n) is 20.7. The lowest BCUT2D eigenvalue weighted by Crippen LogP contribution is -2.13. The second-order valence-corrected chi connectivity index (χ2v) is 9.46. The first kappa shape index (κ1) is 22.8. The van der Waals surface area contributed by atoms with Gasteiger partial charge >= 0.3 is 11.9 Å². The molecule has 0 fully saturated rings. The van der Waals surface area contributed by atoms with E-state index in [1.165, 1.54) is 0 Å². The maximum Gasteiger partial charge on any atom is 0.343 e. The molecule has 39 heavy (non-hydrogen) atoms. The predicted octanol–water partition coefficient (Wildman–Crippen LogP) is 7.76. The number of nitrogens with two attached hydrogens (primary N) is 1. The van der Waals surface area contributed by atoms with Crippen molar-refractivity contribution >= 4 is 60.7 Å². The molecule has 0 radical (unpaired) electrons. The third-order valence-electron chi connectivity index (χ3n) is 7.11. The minimum absolute atomic E-state index is 0.0750. The molecular formula is C34H21NO4. The van der Waals surface area contributed by atoms with E-state index in [4.69, 9.17) is 15.2 Å². The van der Waals surface area contributed by atoms with Crippen LogP contribution in [0.25, 0.3) is 43.1 Å². The van der Waals surface area contributed by atoms with Gasteiger partial charge in [0.2, 0.25) is 0 Å². The van der Waals surface area contributed by atoms with Gasteiger partial charge in [-0.05, 0) is 62.6 Å². The van der Waals surface area contributed by atoms with Crippen molar-refractivity contribution in [2.24, 2.45) is 0 Å². The molecule has 5 nitrogen and oxygen atoms in total. The quantitative estimate of drug-likeness (QED) is 0.0866. The van der Waals surface area contributed by atoms with Crippen LogP contribution in [0.15, 0.2) is 115 Å². The van der Waals surface area contributed by atoms with Crippen LogP contribution >= 0.6 is 0 Å². The number of carbonyl (C=O) groups excluding carboxylic acids is 2. The van der Waals surface area contributed by atoms with E-state index in [2.05, 4.69) is 24.3 Å². The normalized spacial score (nSPS) is 11.4. The van der Waals surface area contributed by atoms with Gasteiger partial charge in [-0.1, -0.05) is 78.9 Å². The summed E-state index contributed by atoms with van der Waals surface area (Å²) in [5.74, 6) is -0.929. The molecule has 7 rings (SSSR count). The zero-order chi connectivity index (χ0) is 26.5. The van der Waals surface area contributed by atoms with Crippen LogP contribution in [0.5, 0.6) is 11.5 Å². The Morgan fingerprint density at radius 2 is 1.10 bits per heavy atom. The van der Waals surface area contributed by atoms with Crippen molar-refractivity contribution in [3.63, 3.8) is 0 Å². The van der Waals surface area contributed by atoms with Crippen LogP contribution in [0.4, 0.5) is 5.69 Å². The standard InChI is InChI=1S/C34H21NO4/c35-27-19-28(38-33(36)22-8-3-1-4-9-22)32(39-34(37)23-10-5-2-6-11-23)26-18-24-15-14-20-12-7-13-21-16-17-25(31(26)27)30(24)29(20)21/h1-19H,35H2. The maximum absolute atomic E-state index is 13.2. The van der Waals surface area contributed by atoms with Gasteiger partial charge in [-0.25, -0.2) is 9.59 Å². The number of fused-ring (bicyclic) bond motifs is 2. The van der Waals surface area contributed by atoms with Crippen molar-refractivity contribution in [1.29, 1.82) is 0 Å². The molecule has 0 spiro atoms. The predicted molar refractivity (Wildman–Crippen MR) is 155 cm³/mol. The first-order chi connectivity index (χ1) is 19.1. The smallest absolute Gasteiger partial charge is 0.343 e. The highest BCUT2D eigenvalue weighted by Gasteiger charge is 2.23. The average Bonchev–Trinajstić information content (AvgIpc) is 2.98. The van der Waals surface area contributed by atoms with Crippen molar-refractivity contribution in [3.8, 4) is 11.5 Å². The molecule has 0 atom stereocenters. The first-order valence-corrected chi connectivity index (χ1v) is 12.6.